The van der Waals surface area contributed by atoms with Crippen LogP contribution in [0.2, 0.25) is 0 Å². The molecule has 0 saturated heterocycles. The van der Waals surface area contributed by atoms with Gasteiger partial charge in [0.25, 0.3) is 5.91 Å². The molecule has 1 aromatic heterocycles. The largest absolute Gasteiger partial charge is 0.484 e. The van der Waals surface area contributed by atoms with Gasteiger partial charge < -0.3 is 19.7 Å². The Morgan fingerprint density at radius 3 is 2.46 bits per heavy atom. The summed E-state index contributed by atoms with van der Waals surface area (Å²) in [6, 6.07) is 17.4. The molecule has 0 aliphatic heterocycles. The summed E-state index contributed by atoms with van der Waals surface area (Å²) in [5.41, 5.74) is 6.76. The molecule has 3 rings (SSSR count). The van der Waals surface area contributed by atoms with E-state index in [9.17, 15) is 9.59 Å². The fraction of sp³-hybridized carbons (Fsp3) is 0.105. The first-order chi connectivity index (χ1) is 12.6. The molecule has 1 amide bonds. The van der Waals surface area contributed by atoms with Crippen LogP contribution in [0.1, 0.15) is 16.1 Å². The standard InChI is InChI=1S/C19H16N2O5/c20-18(22)12-24-16-8-6-14(7-9-16)19(23)25-11-15-10-17(26-21-15)13-4-2-1-3-5-13/h1-10H,11-12H2,(H2,20,22). The summed E-state index contributed by atoms with van der Waals surface area (Å²) in [7, 11) is 0. The van der Waals surface area contributed by atoms with Gasteiger partial charge in [-0.25, -0.2) is 4.79 Å². The Morgan fingerprint density at radius 1 is 1.04 bits per heavy atom. The minimum absolute atomic E-state index is 0.00487. The Morgan fingerprint density at radius 2 is 1.77 bits per heavy atom. The molecule has 2 N–H and O–H groups in total. The maximum atomic E-state index is 12.1. The van der Waals surface area contributed by atoms with E-state index in [0.29, 0.717) is 22.8 Å². The lowest BCUT2D eigenvalue weighted by Gasteiger charge is -2.05. The highest BCUT2D eigenvalue weighted by molar-refractivity contribution is 5.89. The van der Waals surface area contributed by atoms with Crippen LogP contribution in [-0.4, -0.2) is 23.6 Å². The summed E-state index contributed by atoms with van der Waals surface area (Å²) in [6.45, 7) is -0.227. The van der Waals surface area contributed by atoms with Crippen LogP contribution < -0.4 is 10.5 Å². The molecule has 0 atom stereocenters. The van der Waals surface area contributed by atoms with E-state index in [1.807, 2.05) is 30.3 Å². The highest BCUT2D eigenvalue weighted by Gasteiger charge is 2.11. The number of hydrogen-bond donors (Lipinski definition) is 1. The van der Waals surface area contributed by atoms with Gasteiger partial charge in [0.2, 0.25) is 0 Å². The third-order valence-electron chi connectivity index (χ3n) is 3.44. The van der Waals surface area contributed by atoms with Crippen LogP contribution >= 0.6 is 0 Å². The predicted octanol–water partition coefficient (Wildman–Crippen LogP) is 2.56. The molecule has 3 aromatic rings. The number of hydrogen-bond acceptors (Lipinski definition) is 6. The molecule has 0 radical (unpaired) electrons. The monoisotopic (exact) mass is 352 g/mol. The van der Waals surface area contributed by atoms with Crippen molar-refractivity contribution in [3.63, 3.8) is 0 Å². The van der Waals surface area contributed by atoms with Crippen LogP contribution in [-0.2, 0) is 16.1 Å². The zero-order valence-electron chi connectivity index (χ0n) is 13.8. The summed E-state index contributed by atoms with van der Waals surface area (Å²) in [5, 5.41) is 3.90. The van der Waals surface area contributed by atoms with Gasteiger partial charge in [-0.3, -0.25) is 4.79 Å². The number of esters is 1. The molecule has 132 valence electrons. The van der Waals surface area contributed by atoms with Crippen LogP contribution in [0.5, 0.6) is 5.75 Å². The van der Waals surface area contributed by atoms with Gasteiger partial charge in [-0.05, 0) is 24.3 Å². The van der Waals surface area contributed by atoms with E-state index in [0.717, 1.165) is 5.56 Å². The van der Waals surface area contributed by atoms with Crippen molar-refractivity contribution >= 4 is 11.9 Å². The molecule has 0 aliphatic carbocycles. The number of primary amides is 1. The van der Waals surface area contributed by atoms with Gasteiger partial charge in [-0.1, -0.05) is 35.5 Å². The van der Waals surface area contributed by atoms with Gasteiger partial charge in [0, 0.05) is 11.6 Å². The molecule has 0 saturated carbocycles. The lowest BCUT2D eigenvalue weighted by molar-refractivity contribution is -0.119. The Hall–Kier alpha value is -3.61. The van der Waals surface area contributed by atoms with Gasteiger partial charge in [0.15, 0.2) is 12.4 Å². The van der Waals surface area contributed by atoms with Crippen LogP contribution in [0.25, 0.3) is 11.3 Å². The molecule has 0 spiro atoms. The molecule has 0 unspecified atom stereocenters. The van der Waals surface area contributed by atoms with Crippen molar-refractivity contribution in [2.45, 2.75) is 6.61 Å². The Labute approximate surface area is 149 Å². The molecule has 26 heavy (non-hydrogen) atoms. The second-order valence-corrected chi connectivity index (χ2v) is 5.40. The fourth-order valence-corrected chi connectivity index (χ4v) is 2.18. The van der Waals surface area contributed by atoms with Crippen molar-refractivity contribution in [3.8, 4) is 17.1 Å². The third-order valence-corrected chi connectivity index (χ3v) is 3.44. The Balaban J connectivity index is 1.55. The Kier molecular flexibility index (Phi) is 5.28. The smallest absolute Gasteiger partial charge is 0.338 e. The number of amides is 1. The second-order valence-electron chi connectivity index (χ2n) is 5.40. The first-order valence-corrected chi connectivity index (χ1v) is 7.81. The summed E-state index contributed by atoms with van der Waals surface area (Å²) in [5.74, 6) is -0.0383. The second kappa shape index (κ2) is 7.98. The summed E-state index contributed by atoms with van der Waals surface area (Å²) >= 11 is 0. The van der Waals surface area contributed by atoms with Crippen molar-refractivity contribution < 1.29 is 23.6 Å². The number of nitrogens with two attached hydrogens (primary N) is 1. The molecule has 7 nitrogen and oxygen atoms in total. The van der Waals surface area contributed by atoms with E-state index in [1.54, 1.807) is 18.2 Å². The summed E-state index contributed by atoms with van der Waals surface area (Å²) < 4.78 is 15.6. The van der Waals surface area contributed by atoms with E-state index in [4.69, 9.17) is 19.7 Å². The molecule has 1 heterocycles. The van der Waals surface area contributed by atoms with Crippen LogP contribution in [0, 0.1) is 0 Å². The van der Waals surface area contributed by atoms with Crippen LogP contribution in [0.4, 0.5) is 0 Å². The molecular weight excluding hydrogens is 336 g/mol. The summed E-state index contributed by atoms with van der Waals surface area (Å²) in [4.78, 5) is 22.7. The minimum Gasteiger partial charge on any atom is -0.484 e. The molecule has 2 aromatic carbocycles. The predicted molar refractivity (Wildman–Crippen MR) is 92.2 cm³/mol. The fourth-order valence-electron chi connectivity index (χ4n) is 2.18. The number of aromatic nitrogens is 1. The van der Waals surface area contributed by atoms with Crippen LogP contribution in [0.15, 0.2) is 65.2 Å². The number of rotatable bonds is 7. The topological polar surface area (TPSA) is 105 Å². The zero-order chi connectivity index (χ0) is 18.4. The summed E-state index contributed by atoms with van der Waals surface area (Å²) in [6.07, 6.45) is 0. The van der Waals surface area contributed by atoms with Crippen molar-refractivity contribution in [1.29, 1.82) is 0 Å². The lowest BCUT2D eigenvalue weighted by atomic mass is 10.2. The first kappa shape index (κ1) is 17.2. The number of benzene rings is 2. The zero-order valence-corrected chi connectivity index (χ0v) is 13.8. The highest BCUT2D eigenvalue weighted by atomic mass is 16.5. The molecule has 0 fully saturated rings. The number of ether oxygens (including phenoxy) is 2. The van der Waals surface area contributed by atoms with Gasteiger partial charge in [0.05, 0.1) is 5.56 Å². The average Bonchev–Trinajstić information content (AvgIpc) is 3.14. The SMILES string of the molecule is NC(=O)COc1ccc(C(=O)OCc2cc(-c3ccccc3)on2)cc1. The number of carbonyl (C=O) groups excluding carboxylic acids is 2. The molecule has 7 heteroatoms. The molecular formula is C19H16N2O5. The normalized spacial score (nSPS) is 10.3. The third kappa shape index (κ3) is 4.47. The highest BCUT2D eigenvalue weighted by Crippen LogP contribution is 2.20. The van der Waals surface area contributed by atoms with E-state index >= 15 is 0 Å². The van der Waals surface area contributed by atoms with Gasteiger partial charge >= 0.3 is 5.97 Å². The van der Waals surface area contributed by atoms with Crippen molar-refractivity contribution in [1.82, 2.24) is 5.16 Å². The van der Waals surface area contributed by atoms with Crippen LogP contribution in [0.3, 0.4) is 0 Å². The van der Waals surface area contributed by atoms with Gasteiger partial charge in [-0.15, -0.1) is 0 Å². The number of nitrogens with zero attached hydrogens (tertiary/aromatic N) is 1. The molecule has 0 bridgehead atoms. The Bertz CT molecular complexity index is 888. The average molecular weight is 352 g/mol. The van der Waals surface area contributed by atoms with E-state index in [-0.39, 0.29) is 13.2 Å². The van der Waals surface area contributed by atoms with E-state index in [1.165, 1.54) is 12.1 Å². The van der Waals surface area contributed by atoms with Crippen molar-refractivity contribution in [3.05, 3.63) is 71.9 Å². The lowest BCUT2D eigenvalue weighted by Crippen LogP contribution is -2.20. The van der Waals surface area contributed by atoms with Gasteiger partial charge in [0.1, 0.15) is 18.1 Å². The maximum Gasteiger partial charge on any atom is 0.338 e. The minimum atomic E-state index is -0.573. The van der Waals surface area contributed by atoms with E-state index in [2.05, 4.69) is 5.16 Å². The van der Waals surface area contributed by atoms with Crippen molar-refractivity contribution in [2.24, 2.45) is 5.73 Å². The van der Waals surface area contributed by atoms with E-state index < -0.39 is 11.9 Å². The quantitative estimate of drug-likeness (QED) is 0.655. The van der Waals surface area contributed by atoms with Gasteiger partial charge in [-0.2, -0.15) is 0 Å². The number of carbonyl (C=O) groups is 2. The first-order valence-electron chi connectivity index (χ1n) is 7.81. The van der Waals surface area contributed by atoms with Crippen molar-refractivity contribution in [2.75, 3.05) is 6.61 Å². The maximum absolute atomic E-state index is 12.1. The molecule has 0 aliphatic rings.